The summed E-state index contributed by atoms with van der Waals surface area (Å²) in [6, 6.07) is 0. The fourth-order valence-corrected chi connectivity index (χ4v) is 5.98. The van der Waals surface area contributed by atoms with Gasteiger partial charge in [0.1, 0.15) is 0 Å². The van der Waals surface area contributed by atoms with Gasteiger partial charge >= 0.3 is 0 Å². The summed E-state index contributed by atoms with van der Waals surface area (Å²) in [4.78, 5) is 0. The molecule has 3 fully saturated rings. The number of hydrogen-bond acceptors (Lipinski definition) is 0. The Morgan fingerprint density at radius 3 is 2.12 bits per heavy atom. The maximum atomic E-state index is 2.59. The molecule has 0 aliphatic heterocycles. The molecule has 6 atom stereocenters. The van der Waals surface area contributed by atoms with E-state index in [9.17, 15) is 0 Å². The van der Waals surface area contributed by atoms with E-state index >= 15 is 0 Å². The largest absolute Gasteiger partial charge is 0.0648 e. The molecule has 0 saturated heterocycles. The highest BCUT2D eigenvalue weighted by molar-refractivity contribution is 5.15. The fourth-order valence-electron chi connectivity index (χ4n) is 5.98. The normalized spacial score (nSPS) is 51.5. The van der Waals surface area contributed by atoms with Gasteiger partial charge in [-0.3, -0.25) is 0 Å². The summed E-state index contributed by atoms with van der Waals surface area (Å²) in [5.74, 6) is 6.27. The summed E-state index contributed by atoms with van der Waals surface area (Å²) in [5, 5.41) is 0. The molecule has 0 N–H and O–H groups in total. The minimum atomic E-state index is 0.785. The summed E-state index contributed by atoms with van der Waals surface area (Å²) in [6.07, 6.45) is 9.09. The van der Waals surface area contributed by atoms with Gasteiger partial charge in [-0.05, 0) is 66.6 Å². The lowest BCUT2D eigenvalue weighted by Gasteiger charge is -2.44. The van der Waals surface area contributed by atoms with Crippen molar-refractivity contribution in [3.63, 3.8) is 0 Å². The predicted octanol–water partition coefficient (Wildman–Crippen LogP) is 5.13. The molecular weight excluding hydrogens is 204 g/mol. The topological polar surface area (TPSA) is 0 Å². The van der Waals surface area contributed by atoms with Crippen molar-refractivity contribution in [1.82, 2.24) is 0 Å². The van der Waals surface area contributed by atoms with Crippen LogP contribution in [0, 0.1) is 40.9 Å². The second-order valence-corrected chi connectivity index (χ2v) is 7.48. The Morgan fingerprint density at radius 1 is 1.06 bits per heavy atom. The molecule has 3 aliphatic rings. The van der Waals surface area contributed by atoms with Gasteiger partial charge < -0.3 is 0 Å². The van der Waals surface area contributed by atoms with E-state index in [0.29, 0.717) is 0 Å². The highest BCUT2D eigenvalue weighted by Crippen LogP contribution is 2.74. The number of rotatable bonds is 4. The van der Waals surface area contributed by atoms with Gasteiger partial charge in [0.25, 0.3) is 0 Å². The van der Waals surface area contributed by atoms with Crippen LogP contribution in [0.5, 0.6) is 0 Å². The first-order chi connectivity index (χ1) is 8.13. The van der Waals surface area contributed by atoms with E-state index in [4.69, 9.17) is 0 Å². The SMILES string of the molecule is CCC1(C(C)C(C)C2CCC2C)C2CCCC21. The lowest BCUT2D eigenvalue weighted by molar-refractivity contribution is 0.0523. The zero-order chi connectivity index (χ0) is 12.2. The molecule has 0 heteroatoms. The van der Waals surface area contributed by atoms with Gasteiger partial charge in [0, 0.05) is 0 Å². The first-order valence-electron chi connectivity index (χ1n) is 8.13. The maximum absolute atomic E-state index is 2.59. The van der Waals surface area contributed by atoms with Crippen LogP contribution in [0.25, 0.3) is 0 Å². The van der Waals surface area contributed by atoms with Crippen LogP contribution in [0.4, 0.5) is 0 Å². The Balaban J connectivity index is 1.71. The third-order valence-corrected chi connectivity index (χ3v) is 7.40. The third-order valence-electron chi connectivity index (χ3n) is 7.40. The van der Waals surface area contributed by atoms with Crippen LogP contribution in [0.15, 0.2) is 0 Å². The molecule has 0 aromatic heterocycles. The van der Waals surface area contributed by atoms with Crippen LogP contribution in [0.2, 0.25) is 0 Å². The lowest BCUT2D eigenvalue weighted by atomic mass is 9.61. The molecule has 3 saturated carbocycles. The van der Waals surface area contributed by atoms with E-state index < -0.39 is 0 Å². The van der Waals surface area contributed by atoms with Crippen molar-refractivity contribution in [2.24, 2.45) is 40.9 Å². The highest BCUT2D eigenvalue weighted by atomic mass is 14.7. The summed E-state index contributed by atoms with van der Waals surface area (Å²) >= 11 is 0. The Labute approximate surface area is 108 Å². The monoisotopic (exact) mass is 234 g/mol. The molecular formula is C17H30. The van der Waals surface area contributed by atoms with Crippen molar-refractivity contribution in [2.75, 3.05) is 0 Å². The van der Waals surface area contributed by atoms with Crippen LogP contribution in [0.1, 0.15) is 66.2 Å². The molecule has 0 aromatic rings. The van der Waals surface area contributed by atoms with Gasteiger partial charge in [-0.1, -0.05) is 40.5 Å². The smallest absolute Gasteiger partial charge is 0.0210 e. The minimum absolute atomic E-state index is 0.785. The average Bonchev–Trinajstić information content (AvgIpc) is 2.69. The summed E-state index contributed by atoms with van der Waals surface area (Å²) in [6.45, 7) is 10.1. The highest BCUT2D eigenvalue weighted by Gasteiger charge is 2.67. The molecule has 17 heavy (non-hydrogen) atoms. The molecule has 0 nitrogen and oxygen atoms in total. The van der Waals surface area contributed by atoms with Crippen molar-refractivity contribution in [3.8, 4) is 0 Å². The maximum Gasteiger partial charge on any atom is -0.0210 e. The van der Waals surface area contributed by atoms with Crippen LogP contribution in [-0.2, 0) is 0 Å². The Bertz CT molecular complexity index is 282. The predicted molar refractivity (Wildman–Crippen MR) is 73.8 cm³/mol. The standard InChI is InChI=1S/C17H30/c1-5-17(15-7-6-8-16(15)17)13(4)12(3)14-10-9-11(14)2/h11-16H,5-10H2,1-4H3. The van der Waals surface area contributed by atoms with Crippen molar-refractivity contribution >= 4 is 0 Å². The van der Waals surface area contributed by atoms with Gasteiger partial charge in [0.2, 0.25) is 0 Å². The second kappa shape index (κ2) is 4.00. The van der Waals surface area contributed by atoms with Gasteiger partial charge in [0.05, 0.1) is 0 Å². The van der Waals surface area contributed by atoms with Gasteiger partial charge in [-0.2, -0.15) is 0 Å². The van der Waals surface area contributed by atoms with E-state index in [1.54, 1.807) is 12.8 Å². The zero-order valence-corrected chi connectivity index (χ0v) is 12.2. The van der Waals surface area contributed by atoms with Crippen LogP contribution < -0.4 is 0 Å². The zero-order valence-electron chi connectivity index (χ0n) is 12.2. The second-order valence-electron chi connectivity index (χ2n) is 7.48. The van der Waals surface area contributed by atoms with Crippen molar-refractivity contribution in [3.05, 3.63) is 0 Å². The quantitative estimate of drug-likeness (QED) is 0.632. The summed E-state index contributed by atoms with van der Waals surface area (Å²) in [5.41, 5.74) is 0.785. The number of fused-ring (bicyclic) bond motifs is 1. The first kappa shape index (κ1) is 12.1. The van der Waals surface area contributed by atoms with Gasteiger partial charge in [-0.15, -0.1) is 0 Å². The average molecular weight is 234 g/mol. The number of hydrogen-bond donors (Lipinski definition) is 0. The molecule has 0 radical (unpaired) electrons. The van der Waals surface area contributed by atoms with Crippen molar-refractivity contribution in [2.45, 2.75) is 66.2 Å². The summed E-state index contributed by atoms with van der Waals surface area (Å²) in [7, 11) is 0. The molecule has 98 valence electrons. The van der Waals surface area contributed by atoms with E-state index in [0.717, 1.165) is 40.9 Å². The Morgan fingerprint density at radius 2 is 1.71 bits per heavy atom. The molecule has 0 amide bonds. The molecule has 0 aromatic carbocycles. The molecule has 0 heterocycles. The van der Waals surface area contributed by atoms with Crippen LogP contribution >= 0.6 is 0 Å². The van der Waals surface area contributed by atoms with Crippen molar-refractivity contribution < 1.29 is 0 Å². The summed E-state index contributed by atoms with van der Waals surface area (Å²) < 4.78 is 0. The van der Waals surface area contributed by atoms with E-state index in [-0.39, 0.29) is 0 Å². The Kier molecular flexibility index (Phi) is 2.84. The Hall–Kier alpha value is 0. The molecule has 3 rings (SSSR count). The third kappa shape index (κ3) is 1.48. The molecule has 0 bridgehead atoms. The van der Waals surface area contributed by atoms with Gasteiger partial charge in [-0.25, -0.2) is 0 Å². The van der Waals surface area contributed by atoms with Gasteiger partial charge in [0.15, 0.2) is 0 Å². The van der Waals surface area contributed by atoms with E-state index in [2.05, 4.69) is 27.7 Å². The van der Waals surface area contributed by atoms with E-state index in [1.165, 1.54) is 25.7 Å². The lowest BCUT2D eigenvalue weighted by Crippen LogP contribution is -2.36. The van der Waals surface area contributed by atoms with E-state index in [1.807, 2.05) is 0 Å². The molecule has 0 spiro atoms. The van der Waals surface area contributed by atoms with Crippen LogP contribution in [0.3, 0.4) is 0 Å². The van der Waals surface area contributed by atoms with Crippen molar-refractivity contribution in [1.29, 1.82) is 0 Å². The minimum Gasteiger partial charge on any atom is -0.0648 e. The molecule has 6 unspecified atom stereocenters. The fraction of sp³-hybridized carbons (Fsp3) is 1.00. The first-order valence-corrected chi connectivity index (χ1v) is 8.13. The molecule has 3 aliphatic carbocycles. The van der Waals surface area contributed by atoms with Crippen LogP contribution in [-0.4, -0.2) is 0 Å².